The number of methoxy groups -OCH3 is 1. The molecular formula is C25H33Cl2N3O5S. The number of benzene rings is 2. The molecule has 1 atom stereocenters. The highest BCUT2D eigenvalue weighted by atomic mass is 35.5. The molecule has 0 fully saturated rings. The van der Waals surface area contributed by atoms with E-state index in [-0.39, 0.29) is 34.1 Å². The Morgan fingerprint density at radius 3 is 2.11 bits per heavy atom. The SMILES string of the molecule is CC[C@@H](C(=O)NCC(C)C)N(Cc1ccc(OC)cc1)C(=O)CN(c1cc(Cl)cc(Cl)c1)S(C)(=O)=O. The summed E-state index contributed by atoms with van der Waals surface area (Å²) in [5.74, 6) is 0.0357. The molecule has 198 valence electrons. The molecule has 8 nitrogen and oxygen atoms in total. The number of halogens is 2. The first-order valence-corrected chi connectivity index (χ1v) is 14.1. The van der Waals surface area contributed by atoms with Gasteiger partial charge in [-0.1, -0.05) is 56.1 Å². The van der Waals surface area contributed by atoms with Crippen LogP contribution >= 0.6 is 23.2 Å². The second-order valence-electron chi connectivity index (χ2n) is 8.83. The fraction of sp³-hybridized carbons (Fsp3) is 0.440. The molecule has 0 aliphatic carbocycles. The van der Waals surface area contributed by atoms with Crippen LogP contribution in [0, 0.1) is 5.92 Å². The van der Waals surface area contributed by atoms with Gasteiger partial charge in [-0.15, -0.1) is 0 Å². The number of nitrogens with one attached hydrogen (secondary N) is 1. The summed E-state index contributed by atoms with van der Waals surface area (Å²) in [5, 5.41) is 3.34. The van der Waals surface area contributed by atoms with Gasteiger partial charge in [0.05, 0.1) is 19.1 Å². The molecule has 2 aromatic carbocycles. The zero-order valence-electron chi connectivity index (χ0n) is 21.1. The molecule has 11 heteroatoms. The third-order valence-electron chi connectivity index (χ3n) is 5.40. The average Bonchev–Trinajstić information content (AvgIpc) is 2.79. The first-order valence-electron chi connectivity index (χ1n) is 11.5. The predicted octanol–water partition coefficient (Wildman–Crippen LogP) is 4.35. The maximum atomic E-state index is 13.7. The molecule has 0 aliphatic heterocycles. The average molecular weight is 559 g/mol. The van der Waals surface area contributed by atoms with Gasteiger partial charge in [0.1, 0.15) is 18.3 Å². The number of ether oxygens (including phenoxy) is 1. The number of amides is 2. The van der Waals surface area contributed by atoms with Crippen molar-refractivity contribution in [2.24, 2.45) is 5.92 Å². The molecule has 0 aliphatic rings. The normalized spacial score (nSPS) is 12.2. The lowest BCUT2D eigenvalue weighted by atomic mass is 10.1. The Hall–Kier alpha value is -2.49. The van der Waals surface area contributed by atoms with Crippen molar-refractivity contribution in [3.63, 3.8) is 0 Å². The minimum atomic E-state index is -3.88. The fourth-order valence-corrected chi connectivity index (χ4v) is 4.91. The zero-order chi connectivity index (χ0) is 27.0. The van der Waals surface area contributed by atoms with Crippen molar-refractivity contribution in [1.29, 1.82) is 0 Å². The largest absolute Gasteiger partial charge is 0.497 e. The lowest BCUT2D eigenvalue weighted by Gasteiger charge is -2.33. The summed E-state index contributed by atoms with van der Waals surface area (Å²) in [6.07, 6.45) is 1.34. The van der Waals surface area contributed by atoms with Gasteiger partial charge in [-0.05, 0) is 48.2 Å². The number of carbonyl (C=O) groups is 2. The molecule has 2 rings (SSSR count). The van der Waals surface area contributed by atoms with Crippen LogP contribution in [-0.4, -0.2) is 57.6 Å². The van der Waals surface area contributed by atoms with E-state index in [4.69, 9.17) is 27.9 Å². The van der Waals surface area contributed by atoms with Crippen LogP contribution in [0.2, 0.25) is 10.0 Å². The highest BCUT2D eigenvalue weighted by Gasteiger charge is 2.32. The number of hydrogen-bond donors (Lipinski definition) is 1. The molecule has 1 N–H and O–H groups in total. The lowest BCUT2D eigenvalue weighted by molar-refractivity contribution is -0.140. The Kier molecular flexibility index (Phi) is 10.9. The van der Waals surface area contributed by atoms with Crippen LogP contribution < -0.4 is 14.4 Å². The van der Waals surface area contributed by atoms with Crippen molar-refractivity contribution in [3.05, 3.63) is 58.1 Å². The van der Waals surface area contributed by atoms with Crippen molar-refractivity contribution in [1.82, 2.24) is 10.2 Å². The van der Waals surface area contributed by atoms with Crippen molar-refractivity contribution < 1.29 is 22.7 Å². The van der Waals surface area contributed by atoms with Crippen molar-refractivity contribution in [3.8, 4) is 5.75 Å². The molecular weight excluding hydrogens is 525 g/mol. The van der Waals surface area contributed by atoms with E-state index in [1.54, 1.807) is 38.3 Å². The van der Waals surface area contributed by atoms with E-state index in [0.717, 1.165) is 16.1 Å². The Balaban J connectivity index is 2.44. The second-order valence-corrected chi connectivity index (χ2v) is 11.6. The van der Waals surface area contributed by atoms with Crippen LogP contribution in [0.5, 0.6) is 5.75 Å². The number of nitrogens with zero attached hydrogens (tertiary/aromatic N) is 2. The van der Waals surface area contributed by atoms with Crippen molar-refractivity contribution in [2.75, 3.05) is 30.8 Å². The maximum absolute atomic E-state index is 13.7. The summed E-state index contributed by atoms with van der Waals surface area (Å²) in [6, 6.07) is 10.6. The summed E-state index contributed by atoms with van der Waals surface area (Å²) < 4.78 is 31.5. The second kappa shape index (κ2) is 13.2. The minimum Gasteiger partial charge on any atom is -0.497 e. The molecule has 0 saturated heterocycles. The van der Waals surface area contributed by atoms with Gasteiger partial charge >= 0.3 is 0 Å². The van der Waals surface area contributed by atoms with Gasteiger partial charge in [0.25, 0.3) is 0 Å². The van der Waals surface area contributed by atoms with E-state index >= 15 is 0 Å². The van der Waals surface area contributed by atoms with Gasteiger partial charge in [0, 0.05) is 23.1 Å². The maximum Gasteiger partial charge on any atom is 0.244 e. The number of sulfonamides is 1. The predicted molar refractivity (Wildman–Crippen MR) is 144 cm³/mol. The first kappa shape index (κ1) is 29.7. The fourth-order valence-electron chi connectivity index (χ4n) is 3.57. The Labute approximate surface area is 223 Å². The first-order chi connectivity index (χ1) is 16.8. The molecule has 0 radical (unpaired) electrons. The van der Waals surface area contributed by atoms with E-state index in [1.807, 2.05) is 13.8 Å². The number of anilines is 1. The van der Waals surface area contributed by atoms with Crippen LogP contribution in [-0.2, 0) is 26.2 Å². The number of carbonyl (C=O) groups excluding carboxylic acids is 2. The lowest BCUT2D eigenvalue weighted by Crippen LogP contribution is -2.52. The van der Waals surface area contributed by atoms with E-state index in [9.17, 15) is 18.0 Å². The van der Waals surface area contributed by atoms with Gasteiger partial charge < -0.3 is 15.0 Å². The molecule has 0 saturated carbocycles. The van der Waals surface area contributed by atoms with Crippen LogP contribution in [0.1, 0.15) is 32.8 Å². The third kappa shape index (κ3) is 8.57. The topological polar surface area (TPSA) is 96.0 Å². The minimum absolute atomic E-state index is 0.102. The highest BCUT2D eigenvalue weighted by molar-refractivity contribution is 7.92. The number of hydrogen-bond acceptors (Lipinski definition) is 5. The van der Waals surface area contributed by atoms with E-state index in [0.29, 0.717) is 18.7 Å². The number of rotatable bonds is 12. The Bertz CT molecular complexity index is 1140. The van der Waals surface area contributed by atoms with Gasteiger partial charge in [-0.2, -0.15) is 0 Å². The van der Waals surface area contributed by atoms with Gasteiger partial charge in [-0.3, -0.25) is 13.9 Å². The summed E-state index contributed by atoms with van der Waals surface area (Å²) >= 11 is 12.2. The van der Waals surface area contributed by atoms with Crippen molar-refractivity contribution in [2.45, 2.75) is 39.8 Å². The quantitative estimate of drug-likeness (QED) is 0.418. The highest BCUT2D eigenvalue weighted by Crippen LogP contribution is 2.27. The molecule has 0 heterocycles. The smallest absolute Gasteiger partial charge is 0.244 e. The third-order valence-corrected chi connectivity index (χ3v) is 6.97. The van der Waals surface area contributed by atoms with Gasteiger partial charge in [0.2, 0.25) is 21.8 Å². The summed E-state index contributed by atoms with van der Waals surface area (Å²) in [7, 11) is -2.33. The Morgan fingerprint density at radius 2 is 1.64 bits per heavy atom. The van der Waals surface area contributed by atoms with E-state index in [2.05, 4.69) is 5.32 Å². The van der Waals surface area contributed by atoms with Gasteiger partial charge in [0.15, 0.2) is 0 Å². The standard InChI is InChI=1S/C25H33Cl2N3O5S/c1-6-23(25(32)28-14-17(2)3)29(15-18-7-9-22(35-4)10-8-18)24(31)16-30(36(5,33)34)21-12-19(26)11-20(27)13-21/h7-13,17,23H,6,14-16H2,1-5H3,(H,28,32)/t23-/m0/s1. The van der Waals surface area contributed by atoms with Gasteiger partial charge in [-0.25, -0.2) is 8.42 Å². The molecule has 0 unspecified atom stereocenters. The molecule has 2 aromatic rings. The van der Waals surface area contributed by atoms with E-state index in [1.165, 1.54) is 23.1 Å². The van der Waals surface area contributed by atoms with Crippen molar-refractivity contribution >= 4 is 50.7 Å². The summed E-state index contributed by atoms with van der Waals surface area (Å²) in [6.45, 7) is 5.78. The summed E-state index contributed by atoms with van der Waals surface area (Å²) in [5.41, 5.74) is 0.918. The molecule has 36 heavy (non-hydrogen) atoms. The summed E-state index contributed by atoms with van der Waals surface area (Å²) in [4.78, 5) is 28.1. The zero-order valence-corrected chi connectivity index (χ0v) is 23.5. The van der Waals surface area contributed by atoms with E-state index < -0.39 is 28.5 Å². The van der Waals surface area contributed by atoms with Crippen LogP contribution in [0.25, 0.3) is 0 Å². The Morgan fingerprint density at radius 1 is 1.06 bits per heavy atom. The van der Waals surface area contributed by atoms with Crippen LogP contribution in [0.15, 0.2) is 42.5 Å². The molecule has 0 spiro atoms. The molecule has 0 bridgehead atoms. The molecule has 0 aromatic heterocycles. The van der Waals surface area contributed by atoms with Crippen LogP contribution in [0.4, 0.5) is 5.69 Å². The molecule has 2 amide bonds. The van der Waals surface area contributed by atoms with Crippen LogP contribution in [0.3, 0.4) is 0 Å². The monoisotopic (exact) mass is 557 g/mol.